The van der Waals surface area contributed by atoms with E-state index in [2.05, 4.69) is 20.7 Å². The minimum Gasteiger partial charge on any atom is -0.208 e. The molecule has 0 fully saturated rings. The van der Waals surface area contributed by atoms with Gasteiger partial charge in [0, 0.05) is 11.4 Å². The van der Waals surface area contributed by atoms with Gasteiger partial charge < -0.3 is 0 Å². The second-order valence-electron chi connectivity index (χ2n) is 3.52. The molecule has 0 aliphatic heterocycles. The third kappa shape index (κ3) is 3.88. The fourth-order valence-electron chi connectivity index (χ4n) is 1.37. The Kier molecular flexibility index (Phi) is 5.44. The lowest BCUT2D eigenvalue weighted by Gasteiger charge is -2.15. The highest BCUT2D eigenvalue weighted by Gasteiger charge is 2.17. The first-order valence-electron chi connectivity index (χ1n) is 5.23. The van der Waals surface area contributed by atoms with Gasteiger partial charge in [0.2, 0.25) is 10.0 Å². The molecule has 0 bridgehead atoms. The molecule has 1 rings (SSSR count). The summed E-state index contributed by atoms with van der Waals surface area (Å²) in [6.45, 7) is 1.97. The maximum Gasteiger partial charge on any atom is 0.240 e. The molecule has 1 unspecified atom stereocenters. The molecular weight excluding hydrogens is 290 g/mol. The van der Waals surface area contributed by atoms with E-state index >= 15 is 0 Å². The third-order valence-electron chi connectivity index (χ3n) is 2.33. The Balaban J connectivity index is 2.79. The van der Waals surface area contributed by atoms with Gasteiger partial charge in [0.25, 0.3) is 0 Å². The van der Waals surface area contributed by atoms with Crippen LogP contribution in [0.5, 0.6) is 0 Å². The summed E-state index contributed by atoms with van der Waals surface area (Å²) < 4.78 is 26.6. The van der Waals surface area contributed by atoms with Crippen LogP contribution in [-0.4, -0.2) is 19.8 Å². The van der Waals surface area contributed by atoms with Crippen LogP contribution >= 0.6 is 15.9 Å². The summed E-state index contributed by atoms with van der Waals surface area (Å²) in [5, 5.41) is 0.794. The van der Waals surface area contributed by atoms with Crippen LogP contribution in [0.15, 0.2) is 35.2 Å². The summed E-state index contributed by atoms with van der Waals surface area (Å²) in [7, 11) is -3.36. The Labute approximate surface area is 105 Å². The summed E-state index contributed by atoms with van der Waals surface area (Å²) in [5.74, 6) is 0. The molecule has 0 saturated heterocycles. The molecule has 0 spiro atoms. The SMILES string of the molecule is CCC(CCBr)NS(=O)(=O)c1ccccc1. The van der Waals surface area contributed by atoms with E-state index in [0.29, 0.717) is 4.90 Å². The van der Waals surface area contributed by atoms with Crippen LogP contribution < -0.4 is 4.72 Å². The normalized spacial score (nSPS) is 13.6. The molecular formula is C11H16BrNO2S. The average Bonchev–Trinajstić information content (AvgIpc) is 2.29. The Morgan fingerprint density at radius 3 is 2.44 bits per heavy atom. The van der Waals surface area contributed by atoms with Crippen molar-refractivity contribution in [3.8, 4) is 0 Å². The van der Waals surface area contributed by atoms with Crippen LogP contribution in [0.25, 0.3) is 0 Å². The van der Waals surface area contributed by atoms with Crippen molar-refractivity contribution in [1.29, 1.82) is 0 Å². The summed E-state index contributed by atoms with van der Waals surface area (Å²) in [6, 6.07) is 8.44. The van der Waals surface area contributed by atoms with Gasteiger partial charge in [0.15, 0.2) is 0 Å². The summed E-state index contributed by atoms with van der Waals surface area (Å²) in [4.78, 5) is 0.322. The molecule has 0 aliphatic carbocycles. The van der Waals surface area contributed by atoms with Gasteiger partial charge in [-0.2, -0.15) is 0 Å². The van der Waals surface area contributed by atoms with Crippen LogP contribution in [0, 0.1) is 0 Å². The molecule has 1 aromatic rings. The third-order valence-corrected chi connectivity index (χ3v) is 4.32. The lowest BCUT2D eigenvalue weighted by atomic mass is 10.2. The molecule has 0 aromatic heterocycles. The molecule has 1 N–H and O–H groups in total. The molecule has 0 saturated carbocycles. The van der Waals surface area contributed by atoms with Crippen LogP contribution in [0.3, 0.4) is 0 Å². The number of alkyl halides is 1. The molecule has 5 heteroatoms. The fourth-order valence-corrected chi connectivity index (χ4v) is 3.29. The second-order valence-corrected chi connectivity index (χ2v) is 6.02. The number of halogens is 1. The van der Waals surface area contributed by atoms with Gasteiger partial charge in [0.05, 0.1) is 4.90 Å². The zero-order valence-corrected chi connectivity index (χ0v) is 11.6. The first-order valence-corrected chi connectivity index (χ1v) is 7.84. The molecule has 0 radical (unpaired) electrons. The van der Waals surface area contributed by atoms with Gasteiger partial charge in [-0.1, -0.05) is 41.1 Å². The van der Waals surface area contributed by atoms with Crippen LogP contribution in [-0.2, 0) is 10.0 Å². The zero-order valence-electron chi connectivity index (χ0n) is 9.19. The number of sulfonamides is 1. The lowest BCUT2D eigenvalue weighted by Crippen LogP contribution is -2.34. The predicted molar refractivity (Wildman–Crippen MR) is 69.3 cm³/mol. The zero-order chi connectivity index (χ0) is 12.0. The largest absolute Gasteiger partial charge is 0.240 e. The molecule has 0 aliphatic rings. The average molecular weight is 306 g/mol. The first kappa shape index (κ1) is 13.7. The Morgan fingerprint density at radius 2 is 1.94 bits per heavy atom. The van der Waals surface area contributed by atoms with E-state index in [1.807, 2.05) is 6.92 Å². The van der Waals surface area contributed by atoms with Gasteiger partial charge in [-0.05, 0) is 25.0 Å². The van der Waals surface area contributed by atoms with Gasteiger partial charge in [-0.15, -0.1) is 0 Å². The van der Waals surface area contributed by atoms with E-state index < -0.39 is 10.0 Å². The van der Waals surface area contributed by atoms with Crippen LogP contribution in [0.2, 0.25) is 0 Å². The van der Waals surface area contributed by atoms with E-state index in [1.165, 1.54) is 0 Å². The first-order chi connectivity index (χ1) is 7.60. The summed E-state index contributed by atoms with van der Waals surface area (Å²) >= 11 is 3.32. The summed E-state index contributed by atoms with van der Waals surface area (Å²) in [5.41, 5.74) is 0. The highest BCUT2D eigenvalue weighted by atomic mass is 79.9. The maximum absolute atomic E-state index is 11.9. The maximum atomic E-state index is 11.9. The van der Waals surface area contributed by atoms with Gasteiger partial charge in [-0.3, -0.25) is 0 Å². The Morgan fingerprint density at radius 1 is 1.31 bits per heavy atom. The Bertz CT molecular complexity index is 405. The highest BCUT2D eigenvalue weighted by molar-refractivity contribution is 9.09. The van der Waals surface area contributed by atoms with Crippen LogP contribution in [0.1, 0.15) is 19.8 Å². The molecule has 16 heavy (non-hydrogen) atoms. The van der Waals surface area contributed by atoms with E-state index in [9.17, 15) is 8.42 Å². The minimum atomic E-state index is -3.36. The number of nitrogens with one attached hydrogen (secondary N) is 1. The van der Waals surface area contributed by atoms with Crippen molar-refractivity contribution in [3.63, 3.8) is 0 Å². The van der Waals surface area contributed by atoms with Gasteiger partial charge in [-0.25, -0.2) is 13.1 Å². The standard InChI is InChI=1S/C11H16BrNO2S/c1-2-10(8-9-12)13-16(14,15)11-6-4-3-5-7-11/h3-7,10,13H,2,8-9H2,1H3. The smallest absolute Gasteiger partial charge is 0.208 e. The summed E-state index contributed by atoms with van der Waals surface area (Å²) in [6.07, 6.45) is 1.58. The predicted octanol–water partition coefficient (Wildman–Crippen LogP) is 2.53. The Hall–Kier alpha value is -0.390. The van der Waals surface area contributed by atoms with Crippen molar-refractivity contribution >= 4 is 26.0 Å². The van der Waals surface area contributed by atoms with Gasteiger partial charge >= 0.3 is 0 Å². The van der Waals surface area contributed by atoms with E-state index in [-0.39, 0.29) is 6.04 Å². The second kappa shape index (κ2) is 6.37. The van der Waals surface area contributed by atoms with E-state index in [1.54, 1.807) is 30.3 Å². The molecule has 0 amide bonds. The number of benzene rings is 1. The quantitative estimate of drug-likeness (QED) is 0.821. The molecule has 1 aromatic carbocycles. The van der Waals surface area contributed by atoms with Crippen molar-refractivity contribution in [2.75, 3.05) is 5.33 Å². The van der Waals surface area contributed by atoms with E-state index in [4.69, 9.17) is 0 Å². The molecule has 90 valence electrons. The van der Waals surface area contributed by atoms with Crippen molar-refractivity contribution in [1.82, 2.24) is 4.72 Å². The van der Waals surface area contributed by atoms with Crippen molar-refractivity contribution in [2.24, 2.45) is 0 Å². The highest BCUT2D eigenvalue weighted by Crippen LogP contribution is 2.10. The van der Waals surface area contributed by atoms with Crippen molar-refractivity contribution in [3.05, 3.63) is 30.3 Å². The van der Waals surface area contributed by atoms with E-state index in [0.717, 1.165) is 18.2 Å². The number of hydrogen-bond donors (Lipinski definition) is 1. The number of rotatable bonds is 6. The lowest BCUT2D eigenvalue weighted by molar-refractivity contribution is 0.533. The van der Waals surface area contributed by atoms with Crippen LogP contribution in [0.4, 0.5) is 0 Å². The van der Waals surface area contributed by atoms with Crippen molar-refractivity contribution in [2.45, 2.75) is 30.7 Å². The minimum absolute atomic E-state index is 0.00965. The monoisotopic (exact) mass is 305 g/mol. The number of hydrogen-bond acceptors (Lipinski definition) is 2. The fraction of sp³-hybridized carbons (Fsp3) is 0.455. The molecule has 3 nitrogen and oxygen atoms in total. The van der Waals surface area contributed by atoms with Crippen molar-refractivity contribution < 1.29 is 8.42 Å². The molecule has 1 atom stereocenters. The topological polar surface area (TPSA) is 46.2 Å². The molecule has 0 heterocycles. The van der Waals surface area contributed by atoms with Gasteiger partial charge in [0.1, 0.15) is 0 Å².